The van der Waals surface area contributed by atoms with Crippen LogP contribution in [0.15, 0.2) is 0 Å². The lowest BCUT2D eigenvalue weighted by molar-refractivity contribution is 0.366. The Bertz CT molecular complexity index is 248. The average molecular weight is 454 g/mol. The lowest BCUT2D eigenvalue weighted by atomic mass is 10.3. The van der Waals surface area contributed by atoms with Gasteiger partial charge in [-0.2, -0.15) is 0 Å². The van der Waals surface area contributed by atoms with Crippen LogP contribution in [0.2, 0.25) is 0 Å². The molecule has 0 saturated carbocycles. The van der Waals surface area contributed by atoms with E-state index in [2.05, 4.69) is 41.3 Å². The Morgan fingerprint density at radius 2 is 0.815 bits per heavy atom. The molecule has 27 heavy (non-hydrogen) atoms. The zero-order valence-corrected chi connectivity index (χ0v) is 19.6. The Labute approximate surface area is 163 Å². The largest absolute Gasteiger partial charge is 0.673 e. The molecule has 0 aromatic carbocycles. The molecule has 0 fully saturated rings. The molecule has 12 heteroatoms. The summed E-state index contributed by atoms with van der Waals surface area (Å²) in [6.45, 7) is 14.0. The molecule has 0 amide bonds. The third kappa shape index (κ3) is 66.3. The molecule has 0 rings (SSSR count). The summed E-state index contributed by atoms with van der Waals surface area (Å²) in [6.07, 6.45) is 13.1. The number of hydrogen-bond acceptors (Lipinski definition) is 0. The molecule has 0 aliphatic carbocycles. The molecule has 0 N–H and O–H groups in total. The van der Waals surface area contributed by atoms with Crippen LogP contribution in [0.4, 0.5) is 34.5 Å². The van der Waals surface area contributed by atoms with E-state index in [-0.39, 0.29) is 0 Å². The summed E-state index contributed by atoms with van der Waals surface area (Å²) in [5.41, 5.74) is 0. The Hall–Kier alpha value is 0.430. The van der Waals surface area contributed by atoms with Crippen molar-refractivity contribution in [1.29, 1.82) is 0 Å². The third-order valence-electron chi connectivity index (χ3n) is 3.81. The molecule has 0 aliphatic heterocycles. The van der Waals surface area contributed by atoms with Gasteiger partial charge < -0.3 is 34.5 Å². The van der Waals surface area contributed by atoms with Crippen molar-refractivity contribution < 1.29 is 34.5 Å². The van der Waals surface area contributed by atoms with Crippen LogP contribution in [-0.2, 0) is 0 Å². The van der Waals surface area contributed by atoms with E-state index in [9.17, 15) is 34.5 Å². The summed E-state index contributed by atoms with van der Waals surface area (Å²) < 4.78 is 78.0. The van der Waals surface area contributed by atoms with Gasteiger partial charge >= 0.3 is 14.5 Å². The first-order valence-corrected chi connectivity index (χ1v) is 13.9. The normalized spacial score (nSPS) is 11.3. The second kappa shape index (κ2) is 21.1. The second-order valence-corrected chi connectivity index (χ2v) is 13.0. The van der Waals surface area contributed by atoms with E-state index in [0.717, 1.165) is 8.58 Å². The van der Waals surface area contributed by atoms with Gasteiger partial charge in [-0.05, 0) is 42.2 Å². The van der Waals surface area contributed by atoms with Gasteiger partial charge in [0.2, 0.25) is 0 Å². The van der Waals surface area contributed by atoms with Crippen molar-refractivity contribution in [2.75, 3.05) is 37.5 Å². The van der Waals surface area contributed by atoms with Gasteiger partial charge in [-0.15, -0.1) is 0 Å². The van der Waals surface area contributed by atoms with E-state index in [4.69, 9.17) is 0 Å². The highest BCUT2D eigenvalue weighted by molar-refractivity contribution is 7.75. The Morgan fingerprint density at radius 1 is 0.593 bits per heavy atom. The average Bonchev–Trinajstić information content (AvgIpc) is 2.51. The molecular formula is C15H38B2F8P2. The molecule has 170 valence electrons. The highest BCUT2D eigenvalue weighted by atomic mass is 31.2. The van der Waals surface area contributed by atoms with E-state index in [1.54, 1.807) is 0 Å². The lowest BCUT2D eigenvalue weighted by Crippen LogP contribution is -2.02. The summed E-state index contributed by atoms with van der Waals surface area (Å²) in [5, 5.41) is 0. The zero-order chi connectivity index (χ0) is 22.6. The van der Waals surface area contributed by atoms with Gasteiger partial charge in [-0.25, -0.2) is 0 Å². The van der Waals surface area contributed by atoms with Crippen molar-refractivity contribution in [2.24, 2.45) is 0 Å². The van der Waals surface area contributed by atoms with Gasteiger partial charge in [0.1, 0.15) is 0 Å². The van der Waals surface area contributed by atoms with E-state index >= 15 is 0 Å². The fourth-order valence-corrected chi connectivity index (χ4v) is 4.54. The maximum absolute atomic E-state index is 9.75. The van der Waals surface area contributed by atoms with E-state index in [1.807, 2.05) is 0 Å². The van der Waals surface area contributed by atoms with Crippen LogP contribution in [0.3, 0.4) is 0 Å². The van der Waals surface area contributed by atoms with Crippen molar-refractivity contribution in [3.63, 3.8) is 0 Å². The number of unbranched alkanes of at least 4 members (excludes halogenated alkanes) is 2. The molecule has 0 heterocycles. The molecule has 0 aromatic heterocycles. The van der Waals surface area contributed by atoms with Crippen LogP contribution in [0.25, 0.3) is 0 Å². The molecule has 0 atom stereocenters. The van der Waals surface area contributed by atoms with Crippen LogP contribution < -0.4 is 0 Å². The highest BCUT2D eigenvalue weighted by Gasteiger charge is 2.22. The quantitative estimate of drug-likeness (QED) is 0.142. The van der Waals surface area contributed by atoms with Crippen molar-refractivity contribution in [3.8, 4) is 0 Å². The molecule has 0 saturated heterocycles. The monoisotopic (exact) mass is 454 g/mol. The van der Waals surface area contributed by atoms with Crippen molar-refractivity contribution in [1.82, 2.24) is 0 Å². The second-order valence-electron chi connectivity index (χ2n) is 6.13. The topological polar surface area (TPSA) is 0 Å². The van der Waals surface area contributed by atoms with Gasteiger partial charge in [0.25, 0.3) is 0 Å². The minimum absolute atomic E-state index is 0.412. The van der Waals surface area contributed by atoms with Crippen LogP contribution in [0.1, 0.15) is 60.3 Å². The first-order valence-electron chi connectivity index (χ1n) is 9.49. The SMILES string of the molecule is CCCC[PH2+]CCCC.CC[P+](C)(CC)CC.F[B-](F)(F)F.F[B-](F)(F)F. The summed E-state index contributed by atoms with van der Waals surface area (Å²) in [7, 11) is -11.6. The molecule has 0 radical (unpaired) electrons. The van der Waals surface area contributed by atoms with Crippen molar-refractivity contribution in [3.05, 3.63) is 0 Å². The Kier molecular flexibility index (Phi) is 27.3. The van der Waals surface area contributed by atoms with Crippen molar-refractivity contribution in [2.45, 2.75) is 60.3 Å². The van der Waals surface area contributed by atoms with Gasteiger partial charge in [0.15, 0.2) is 0 Å². The van der Waals surface area contributed by atoms with Crippen LogP contribution >= 0.6 is 15.8 Å². The smallest absolute Gasteiger partial charge is 0.418 e. The first kappa shape index (κ1) is 34.9. The zero-order valence-electron chi connectivity index (χ0n) is 17.6. The molecule has 0 nitrogen and oxygen atoms in total. The number of hydrogen-bond donors (Lipinski definition) is 0. The maximum Gasteiger partial charge on any atom is 0.673 e. The molecule has 0 unspecified atom stereocenters. The molecule has 0 aliphatic rings. The molecule has 0 aromatic rings. The summed E-state index contributed by atoms with van der Waals surface area (Å²) in [5.74, 6) is 0. The van der Waals surface area contributed by atoms with Crippen molar-refractivity contribution >= 4 is 30.4 Å². The fourth-order valence-electron chi connectivity index (χ4n) is 1.51. The molecule has 0 bridgehead atoms. The standard InChI is InChI=1S/C8H19P.C7H18P.2BF4/c1-3-5-7-9-8-6-4-2;1-5-8(4,6-2)7-3;2*2-1(3,4)5/h9H,3-8H2,1-2H3;5-7H2,1-4H3;;/q;+1;2*-1/p+1. The predicted octanol–water partition coefficient (Wildman–Crippen LogP) is 8.29. The number of rotatable bonds is 9. The van der Waals surface area contributed by atoms with E-state index < -0.39 is 21.8 Å². The Balaban J connectivity index is -0.000000135. The number of halogens is 8. The van der Waals surface area contributed by atoms with Gasteiger partial charge in [-0.3, -0.25) is 0 Å². The summed E-state index contributed by atoms with van der Waals surface area (Å²) >= 11 is 0. The molecule has 0 spiro atoms. The first-order chi connectivity index (χ1) is 12.1. The van der Waals surface area contributed by atoms with Gasteiger partial charge in [0, 0.05) is 13.9 Å². The van der Waals surface area contributed by atoms with Crippen LogP contribution in [0.5, 0.6) is 0 Å². The van der Waals surface area contributed by atoms with Gasteiger partial charge in [-0.1, -0.05) is 26.7 Å². The predicted molar refractivity (Wildman–Crippen MR) is 114 cm³/mol. The van der Waals surface area contributed by atoms with E-state index in [1.165, 1.54) is 56.5 Å². The fraction of sp³-hybridized carbons (Fsp3) is 1.00. The summed E-state index contributed by atoms with van der Waals surface area (Å²) in [4.78, 5) is 0. The minimum Gasteiger partial charge on any atom is -0.418 e. The highest BCUT2D eigenvalue weighted by Crippen LogP contribution is 2.53. The maximum atomic E-state index is 9.75. The minimum atomic E-state index is -6.00. The third-order valence-corrected chi connectivity index (χ3v) is 10.0. The molecular weight excluding hydrogens is 416 g/mol. The Morgan fingerprint density at radius 3 is 0.926 bits per heavy atom. The van der Waals surface area contributed by atoms with Gasteiger partial charge in [0.05, 0.1) is 30.8 Å². The lowest BCUT2D eigenvalue weighted by Gasteiger charge is -2.16. The summed E-state index contributed by atoms with van der Waals surface area (Å²) in [6, 6.07) is 0. The van der Waals surface area contributed by atoms with E-state index in [0.29, 0.717) is 0 Å². The van der Waals surface area contributed by atoms with Crippen LogP contribution in [-0.4, -0.2) is 52.0 Å². The van der Waals surface area contributed by atoms with Crippen LogP contribution in [0, 0.1) is 0 Å².